The molecule has 0 aliphatic heterocycles. The molecule has 184 valence electrons. The van der Waals surface area contributed by atoms with Crippen LogP contribution in [0.4, 0.5) is 0 Å². The topological polar surface area (TPSA) is 59.8 Å². The van der Waals surface area contributed by atoms with Crippen molar-refractivity contribution in [2.24, 2.45) is 0 Å². The van der Waals surface area contributed by atoms with Crippen LogP contribution in [0.1, 0.15) is 32.9 Å². The highest BCUT2D eigenvalue weighted by Gasteiger charge is 2.16. The molecule has 1 heterocycles. The third kappa shape index (κ3) is 5.98. The fourth-order valence-corrected chi connectivity index (χ4v) is 5.03. The fraction of sp³-hybridized carbons (Fsp3) is 0.129. The molecule has 0 aliphatic carbocycles. The Morgan fingerprint density at radius 2 is 1.51 bits per heavy atom. The maximum absolute atomic E-state index is 12.9. The number of benzene rings is 4. The van der Waals surface area contributed by atoms with Gasteiger partial charge in [0.1, 0.15) is 0 Å². The summed E-state index contributed by atoms with van der Waals surface area (Å²) >= 11 is 1.64. The van der Waals surface area contributed by atoms with Crippen LogP contribution in [0.5, 0.6) is 0 Å². The number of thioether (sulfide) groups is 1. The molecule has 0 spiro atoms. The summed E-state index contributed by atoms with van der Waals surface area (Å²) in [6, 6.07) is 34.5. The third-order valence-electron chi connectivity index (χ3n) is 6.10. The monoisotopic (exact) mass is 504 g/mol. The number of rotatable bonds is 8. The number of nitrogens with zero attached hydrogens (tertiary/aromatic N) is 3. The van der Waals surface area contributed by atoms with Gasteiger partial charge in [-0.25, -0.2) is 0 Å². The zero-order valence-corrected chi connectivity index (χ0v) is 21.7. The second kappa shape index (κ2) is 11.3. The zero-order valence-electron chi connectivity index (χ0n) is 20.9. The average molecular weight is 505 g/mol. The predicted molar refractivity (Wildman–Crippen MR) is 150 cm³/mol. The SMILES string of the molecule is Cc1ccc(-n2c(CNC(=O)c3ccc(-c4ccccc4)cc3)nnc2SCc2cccc(C)c2)cc1. The molecule has 1 amide bonds. The van der Waals surface area contributed by atoms with Crippen LogP contribution in [0, 0.1) is 13.8 Å². The van der Waals surface area contributed by atoms with Gasteiger partial charge in [0, 0.05) is 17.0 Å². The number of hydrogen-bond acceptors (Lipinski definition) is 4. The smallest absolute Gasteiger partial charge is 0.251 e. The maximum Gasteiger partial charge on any atom is 0.251 e. The molecule has 0 radical (unpaired) electrons. The largest absolute Gasteiger partial charge is 0.345 e. The van der Waals surface area contributed by atoms with Crippen LogP contribution in [-0.2, 0) is 12.3 Å². The van der Waals surface area contributed by atoms with Gasteiger partial charge in [-0.3, -0.25) is 9.36 Å². The summed E-state index contributed by atoms with van der Waals surface area (Å²) in [6.07, 6.45) is 0. The molecule has 37 heavy (non-hydrogen) atoms. The molecular formula is C31H28N4OS. The predicted octanol–water partition coefficient (Wildman–Crippen LogP) is 6.77. The van der Waals surface area contributed by atoms with Crippen molar-refractivity contribution in [1.82, 2.24) is 20.1 Å². The molecule has 1 aromatic heterocycles. The van der Waals surface area contributed by atoms with Crippen molar-refractivity contribution in [3.05, 3.63) is 131 Å². The second-order valence-corrected chi connectivity index (χ2v) is 9.92. The van der Waals surface area contributed by atoms with Crippen LogP contribution < -0.4 is 5.32 Å². The van der Waals surface area contributed by atoms with E-state index in [2.05, 4.69) is 90.0 Å². The van der Waals surface area contributed by atoms with Gasteiger partial charge in [-0.15, -0.1) is 10.2 Å². The molecule has 0 atom stereocenters. The van der Waals surface area contributed by atoms with E-state index >= 15 is 0 Å². The Morgan fingerprint density at radius 3 is 2.24 bits per heavy atom. The molecule has 0 saturated carbocycles. The van der Waals surface area contributed by atoms with Crippen molar-refractivity contribution in [1.29, 1.82) is 0 Å². The highest BCUT2D eigenvalue weighted by Crippen LogP contribution is 2.26. The lowest BCUT2D eigenvalue weighted by Crippen LogP contribution is -2.24. The number of nitrogens with one attached hydrogen (secondary N) is 1. The van der Waals surface area contributed by atoms with Gasteiger partial charge in [0.25, 0.3) is 5.91 Å². The van der Waals surface area contributed by atoms with Gasteiger partial charge in [-0.1, -0.05) is 102 Å². The van der Waals surface area contributed by atoms with Gasteiger partial charge in [0.15, 0.2) is 11.0 Å². The van der Waals surface area contributed by atoms with E-state index in [0.717, 1.165) is 27.7 Å². The first-order valence-electron chi connectivity index (χ1n) is 12.2. The number of amides is 1. The Balaban J connectivity index is 1.33. The molecule has 5 rings (SSSR count). The Morgan fingerprint density at radius 1 is 0.784 bits per heavy atom. The Kier molecular flexibility index (Phi) is 7.47. The van der Waals surface area contributed by atoms with Crippen LogP contribution in [0.2, 0.25) is 0 Å². The Hall–Kier alpha value is -4.16. The lowest BCUT2D eigenvalue weighted by atomic mass is 10.0. The first kappa shape index (κ1) is 24.5. The molecule has 0 saturated heterocycles. The van der Waals surface area contributed by atoms with Gasteiger partial charge < -0.3 is 5.32 Å². The normalized spacial score (nSPS) is 10.9. The summed E-state index contributed by atoms with van der Waals surface area (Å²) in [5, 5.41) is 12.7. The van der Waals surface area contributed by atoms with Gasteiger partial charge in [-0.05, 0) is 54.8 Å². The first-order valence-corrected chi connectivity index (χ1v) is 13.2. The number of hydrogen-bond donors (Lipinski definition) is 1. The molecule has 5 aromatic rings. The number of aryl methyl sites for hydroxylation is 2. The maximum atomic E-state index is 12.9. The molecule has 6 heteroatoms. The molecule has 0 fully saturated rings. The number of carbonyl (C=O) groups is 1. The molecule has 4 aromatic carbocycles. The zero-order chi connectivity index (χ0) is 25.6. The molecule has 1 N–H and O–H groups in total. The minimum Gasteiger partial charge on any atom is -0.345 e. The molecule has 0 bridgehead atoms. The summed E-state index contributed by atoms with van der Waals surface area (Å²) in [7, 11) is 0. The summed E-state index contributed by atoms with van der Waals surface area (Å²) in [5.41, 5.74) is 7.42. The first-order chi connectivity index (χ1) is 18.1. The molecular weight excluding hydrogens is 476 g/mol. The molecule has 0 aliphatic rings. The third-order valence-corrected chi connectivity index (χ3v) is 7.10. The van der Waals surface area contributed by atoms with Gasteiger partial charge >= 0.3 is 0 Å². The van der Waals surface area contributed by atoms with Crippen LogP contribution in [0.15, 0.2) is 108 Å². The van der Waals surface area contributed by atoms with Crippen molar-refractivity contribution in [3.8, 4) is 16.8 Å². The Bertz CT molecular complexity index is 1490. The Labute approximate surface area is 221 Å². The van der Waals surface area contributed by atoms with E-state index in [1.165, 1.54) is 16.7 Å². The summed E-state index contributed by atoms with van der Waals surface area (Å²) in [5.74, 6) is 1.32. The summed E-state index contributed by atoms with van der Waals surface area (Å²) in [4.78, 5) is 12.9. The van der Waals surface area contributed by atoms with E-state index in [1.807, 2.05) is 47.0 Å². The van der Waals surface area contributed by atoms with E-state index < -0.39 is 0 Å². The van der Waals surface area contributed by atoms with E-state index in [9.17, 15) is 4.79 Å². The average Bonchev–Trinajstić information content (AvgIpc) is 3.34. The summed E-state index contributed by atoms with van der Waals surface area (Å²) in [6.45, 7) is 4.43. The fourth-order valence-electron chi connectivity index (χ4n) is 4.12. The lowest BCUT2D eigenvalue weighted by molar-refractivity contribution is 0.0949. The highest BCUT2D eigenvalue weighted by atomic mass is 32.2. The molecule has 0 unspecified atom stereocenters. The van der Waals surface area contributed by atoms with Crippen molar-refractivity contribution in [3.63, 3.8) is 0 Å². The van der Waals surface area contributed by atoms with Crippen molar-refractivity contribution >= 4 is 17.7 Å². The lowest BCUT2D eigenvalue weighted by Gasteiger charge is -2.12. The van der Waals surface area contributed by atoms with Crippen LogP contribution in [0.25, 0.3) is 16.8 Å². The van der Waals surface area contributed by atoms with E-state index in [0.29, 0.717) is 11.4 Å². The van der Waals surface area contributed by atoms with E-state index in [1.54, 1.807) is 11.8 Å². The standard InChI is InChI=1S/C31H28N4OS/c1-22-11-17-28(18-12-22)35-29(33-34-31(35)37-21-24-8-6-7-23(2)19-24)20-32-30(36)27-15-13-26(14-16-27)25-9-4-3-5-10-25/h3-19H,20-21H2,1-2H3,(H,32,36). The minimum absolute atomic E-state index is 0.146. The van der Waals surface area contributed by atoms with Crippen molar-refractivity contribution in [2.75, 3.05) is 0 Å². The van der Waals surface area contributed by atoms with Crippen LogP contribution in [0.3, 0.4) is 0 Å². The van der Waals surface area contributed by atoms with E-state index in [4.69, 9.17) is 0 Å². The summed E-state index contributed by atoms with van der Waals surface area (Å²) < 4.78 is 2.03. The minimum atomic E-state index is -0.146. The van der Waals surface area contributed by atoms with Gasteiger partial charge in [0.2, 0.25) is 0 Å². The van der Waals surface area contributed by atoms with Crippen LogP contribution >= 0.6 is 11.8 Å². The number of aromatic nitrogens is 3. The second-order valence-electron chi connectivity index (χ2n) is 8.97. The quantitative estimate of drug-likeness (QED) is 0.237. The van der Waals surface area contributed by atoms with Gasteiger partial charge in [-0.2, -0.15) is 0 Å². The van der Waals surface area contributed by atoms with Crippen molar-refractivity contribution < 1.29 is 4.79 Å². The van der Waals surface area contributed by atoms with Crippen molar-refractivity contribution in [2.45, 2.75) is 31.3 Å². The van der Waals surface area contributed by atoms with Crippen LogP contribution in [-0.4, -0.2) is 20.7 Å². The molecule has 5 nitrogen and oxygen atoms in total. The number of carbonyl (C=O) groups excluding carboxylic acids is 1. The van der Waals surface area contributed by atoms with E-state index in [-0.39, 0.29) is 12.5 Å². The van der Waals surface area contributed by atoms with Gasteiger partial charge in [0.05, 0.1) is 6.54 Å². The highest BCUT2D eigenvalue weighted by molar-refractivity contribution is 7.98.